The molecule has 4 rings (SSSR count). The van der Waals surface area contributed by atoms with Gasteiger partial charge in [-0.05, 0) is 26.0 Å². The minimum Gasteiger partial charge on any atom is -0.435 e. The van der Waals surface area contributed by atoms with Gasteiger partial charge in [-0.15, -0.1) is 0 Å². The van der Waals surface area contributed by atoms with Crippen LogP contribution < -0.4 is 5.73 Å². The standard InChI is InChI=1S/C15H18N4O6/c1-3-23-13(21)24-9-10-15(9,22)12(20)14(2,25-10)8-5-4-7-11(16)17-6-18-19(7)8/h4-6,9-10,12,20,22H,3H2,1-2H3,(H2,16,17,18)/t9?,10-,12+,14+,15-/m1/s1. The van der Waals surface area contributed by atoms with Gasteiger partial charge in [0.2, 0.25) is 0 Å². The van der Waals surface area contributed by atoms with Gasteiger partial charge in [-0.3, -0.25) is 0 Å². The maximum absolute atomic E-state index is 11.4. The zero-order valence-corrected chi connectivity index (χ0v) is 13.6. The summed E-state index contributed by atoms with van der Waals surface area (Å²) < 4.78 is 17.1. The lowest BCUT2D eigenvalue weighted by molar-refractivity contribution is -0.132. The summed E-state index contributed by atoms with van der Waals surface area (Å²) in [5.41, 5.74) is 3.91. The Morgan fingerprint density at radius 2 is 2.28 bits per heavy atom. The summed E-state index contributed by atoms with van der Waals surface area (Å²) in [6.45, 7) is 3.41. The Kier molecular flexibility index (Phi) is 3.24. The second-order valence-electron chi connectivity index (χ2n) is 6.32. The first kappa shape index (κ1) is 16.1. The molecule has 1 unspecified atom stereocenters. The number of rotatable bonds is 3. The number of carbonyl (C=O) groups is 1. The third-order valence-corrected chi connectivity index (χ3v) is 4.88. The second kappa shape index (κ2) is 5.04. The van der Waals surface area contributed by atoms with Crippen molar-refractivity contribution in [1.29, 1.82) is 0 Å². The first-order chi connectivity index (χ1) is 11.8. The van der Waals surface area contributed by atoms with Crippen molar-refractivity contribution >= 4 is 17.5 Å². The highest BCUT2D eigenvalue weighted by molar-refractivity contribution is 5.66. The van der Waals surface area contributed by atoms with Gasteiger partial charge < -0.3 is 30.2 Å². The van der Waals surface area contributed by atoms with E-state index in [4.69, 9.17) is 15.2 Å². The second-order valence-corrected chi connectivity index (χ2v) is 6.32. The molecule has 2 fully saturated rings. The third kappa shape index (κ3) is 1.98. The van der Waals surface area contributed by atoms with Crippen LogP contribution in [0.5, 0.6) is 0 Å². The number of nitrogens with two attached hydrogens (primary N) is 1. The van der Waals surface area contributed by atoms with Crippen LogP contribution in [0.4, 0.5) is 10.6 Å². The molecule has 1 saturated heterocycles. The molecule has 1 aliphatic carbocycles. The first-order valence-electron chi connectivity index (χ1n) is 7.84. The third-order valence-electron chi connectivity index (χ3n) is 4.88. The molecule has 25 heavy (non-hydrogen) atoms. The summed E-state index contributed by atoms with van der Waals surface area (Å²) in [7, 11) is 0. The number of fused-ring (bicyclic) bond motifs is 2. The summed E-state index contributed by atoms with van der Waals surface area (Å²) in [5.74, 6) is 0.282. The highest BCUT2D eigenvalue weighted by Crippen LogP contribution is 2.59. The van der Waals surface area contributed by atoms with Gasteiger partial charge >= 0.3 is 6.16 Å². The lowest BCUT2D eigenvalue weighted by Gasteiger charge is -2.32. The van der Waals surface area contributed by atoms with Gasteiger partial charge in [-0.2, -0.15) is 5.10 Å². The molecule has 0 bridgehead atoms. The number of aliphatic hydroxyl groups excluding tert-OH is 1. The molecular weight excluding hydrogens is 332 g/mol. The first-order valence-corrected chi connectivity index (χ1v) is 7.84. The maximum Gasteiger partial charge on any atom is 0.508 e. The number of aromatic nitrogens is 3. The number of hydrogen-bond donors (Lipinski definition) is 3. The molecule has 0 spiro atoms. The molecule has 2 aromatic rings. The van der Waals surface area contributed by atoms with E-state index in [1.165, 1.54) is 10.8 Å². The Bertz CT molecular complexity index is 856. The molecular formula is C15H18N4O6. The van der Waals surface area contributed by atoms with Gasteiger partial charge in [0.15, 0.2) is 17.5 Å². The molecule has 4 N–H and O–H groups in total. The van der Waals surface area contributed by atoms with Crippen LogP contribution >= 0.6 is 0 Å². The van der Waals surface area contributed by atoms with Crippen LogP contribution in [0.1, 0.15) is 19.5 Å². The van der Waals surface area contributed by atoms with E-state index in [0.29, 0.717) is 11.2 Å². The van der Waals surface area contributed by atoms with Gasteiger partial charge in [0, 0.05) is 0 Å². The fraction of sp³-hybridized carbons (Fsp3) is 0.533. The van der Waals surface area contributed by atoms with E-state index in [1.54, 1.807) is 26.0 Å². The molecule has 0 aromatic carbocycles. The van der Waals surface area contributed by atoms with E-state index in [9.17, 15) is 15.0 Å². The molecule has 3 heterocycles. The van der Waals surface area contributed by atoms with Crippen LogP contribution in [0, 0.1) is 0 Å². The van der Waals surface area contributed by atoms with Crippen LogP contribution in [-0.2, 0) is 19.8 Å². The fourth-order valence-corrected chi connectivity index (χ4v) is 3.51. The van der Waals surface area contributed by atoms with E-state index < -0.39 is 35.7 Å². The SMILES string of the molecule is CCOC(=O)OC1[C@H]2O[C@@](C)(c3ccc4c(N)ncnn34)[C@H](O)[C@@]12O. The number of hydrogen-bond acceptors (Lipinski definition) is 9. The van der Waals surface area contributed by atoms with Crippen LogP contribution in [0.2, 0.25) is 0 Å². The van der Waals surface area contributed by atoms with Crippen LogP contribution in [0.3, 0.4) is 0 Å². The average Bonchev–Trinajstić information content (AvgIpc) is 2.89. The van der Waals surface area contributed by atoms with E-state index in [2.05, 4.69) is 14.8 Å². The van der Waals surface area contributed by atoms with Gasteiger partial charge in [0.1, 0.15) is 29.7 Å². The number of nitrogen functional groups attached to an aromatic ring is 1. The summed E-state index contributed by atoms with van der Waals surface area (Å²) in [6.07, 6.45) is -2.82. The van der Waals surface area contributed by atoms with E-state index in [-0.39, 0.29) is 12.4 Å². The molecule has 134 valence electrons. The van der Waals surface area contributed by atoms with Crippen molar-refractivity contribution in [3.05, 3.63) is 24.2 Å². The molecule has 1 aliphatic heterocycles. The fourth-order valence-electron chi connectivity index (χ4n) is 3.51. The number of nitrogens with zero attached hydrogens (tertiary/aromatic N) is 3. The van der Waals surface area contributed by atoms with Gasteiger partial charge in [0.05, 0.1) is 12.3 Å². The Hall–Kier alpha value is -2.43. The number of aliphatic hydroxyl groups is 2. The van der Waals surface area contributed by atoms with Gasteiger partial charge in [-0.1, -0.05) is 0 Å². The van der Waals surface area contributed by atoms with Crippen molar-refractivity contribution in [3.63, 3.8) is 0 Å². The lowest BCUT2D eigenvalue weighted by atomic mass is 9.91. The van der Waals surface area contributed by atoms with Gasteiger partial charge in [0.25, 0.3) is 0 Å². The van der Waals surface area contributed by atoms with Crippen molar-refractivity contribution in [2.24, 2.45) is 0 Å². The summed E-state index contributed by atoms with van der Waals surface area (Å²) in [4.78, 5) is 15.4. The molecule has 0 amide bonds. The summed E-state index contributed by atoms with van der Waals surface area (Å²) in [5, 5.41) is 25.6. The Morgan fingerprint density at radius 1 is 1.52 bits per heavy atom. The van der Waals surface area contributed by atoms with Gasteiger partial charge in [-0.25, -0.2) is 14.3 Å². The lowest BCUT2D eigenvalue weighted by Crippen LogP contribution is -2.46. The highest BCUT2D eigenvalue weighted by Gasteiger charge is 2.82. The highest BCUT2D eigenvalue weighted by atomic mass is 16.7. The van der Waals surface area contributed by atoms with Crippen molar-refractivity contribution in [2.75, 3.05) is 12.3 Å². The van der Waals surface area contributed by atoms with Crippen LogP contribution in [0.25, 0.3) is 5.52 Å². The number of carbonyl (C=O) groups excluding carboxylic acids is 1. The Morgan fingerprint density at radius 3 is 2.92 bits per heavy atom. The maximum atomic E-state index is 11.4. The zero-order valence-electron chi connectivity index (χ0n) is 13.6. The van der Waals surface area contributed by atoms with Crippen molar-refractivity contribution in [1.82, 2.24) is 14.6 Å². The monoisotopic (exact) mass is 350 g/mol. The summed E-state index contributed by atoms with van der Waals surface area (Å²) in [6, 6.07) is 3.39. The normalized spacial score (nSPS) is 36.2. The van der Waals surface area contributed by atoms with Crippen molar-refractivity contribution in [3.8, 4) is 0 Å². The van der Waals surface area contributed by atoms with Crippen molar-refractivity contribution in [2.45, 2.75) is 43.4 Å². The topological polar surface area (TPSA) is 141 Å². The molecule has 10 nitrogen and oxygen atoms in total. The number of anilines is 1. The van der Waals surface area contributed by atoms with E-state index >= 15 is 0 Å². The minimum atomic E-state index is -1.70. The Balaban J connectivity index is 1.63. The molecule has 10 heteroatoms. The average molecular weight is 350 g/mol. The largest absolute Gasteiger partial charge is 0.508 e. The summed E-state index contributed by atoms with van der Waals surface area (Å²) >= 11 is 0. The molecule has 2 aromatic heterocycles. The molecule has 2 aliphatic rings. The molecule has 0 radical (unpaired) electrons. The molecule has 1 saturated carbocycles. The quantitative estimate of drug-likeness (QED) is 0.629. The van der Waals surface area contributed by atoms with Crippen molar-refractivity contribution < 1.29 is 29.2 Å². The predicted octanol–water partition coefficient (Wildman–Crippen LogP) is -0.427. The Labute approximate surface area is 142 Å². The minimum absolute atomic E-state index is 0.146. The van der Waals surface area contributed by atoms with Crippen LogP contribution in [-0.4, -0.2) is 61.5 Å². The smallest absolute Gasteiger partial charge is 0.435 e. The molecule has 5 atom stereocenters. The predicted molar refractivity (Wildman–Crippen MR) is 82.5 cm³/mol. The zero-order chi connectivity index (χ0) is 18.0. The van der Waals surface area contributed by atoms with Crippen LogP contribution in [0.15, 0.2) is 18.5 Å². The number of ether oxygens (including phenoxy) is 3. The van der Waals surface area contributed by atoms with E-state index in [1.807, 2.05) is 0 Å². The van der Waals surface area contributed by atoms with E-state index in [0.717, 1.165) is 0 Å².